The number of rotatable bonds is 7. The molecule has 4 aromatic rings. The first-order chi connectivity index (χ1) is 16.6. The van der Waals surface area contributed by atoms with Crippen LogP contribution in [0, 0.1) is 5.92 Å². The molecule has 1 fully saturated rings. The summed E-state index contributed by atoms with van der Waals surface area (Å²) in [5, 5.41) is 13.7. The van der Waals surface area contributed by atoms with E-state index in [1.54, 1.807) is 7.11 Å². The lowest BCUT2D eigenvalue weighted by atomic mass is 9.95. The van der Waals surface area contributed by atoms with Crippen LogP contribution in [0.3, 0.4) is 0 Å². The second kappa shape index (κ2) is 9.77. The van der Waals surface area contributed by atoms with Crippen molar-refractivity contribution in [3.05, 3.63) is 81.9 Å². The minimum absolute atomic E-state index is 0.112. The second-order valence-electron chi connectivity index (χ2n) is 9.12. The van der Waals surface area contributed by atoms with Crippen LogP contribution in [0.2, 0.25) is 0 Å². The third-order valence-electron chi connectivity index (χ3n) is 6.82. The lowest BCUT2D eigenvalue weighted by Gasteiger charge is -2.35. The number of aromatic amines is 1. The van der Waals surface area contributed by atoms with E-state index in [1.165, 1.54) is 5.56 Å². The number of H-pyrrole nitrogens is 1. The van der Waals surface area contributed by atoms with Gasteiger partial charge in [-0.05, 0) is 78.5 Å². The molecule has 8 nitrogen and oxygen atoms in total. The summed E-state index contributed by atoms with van der Waals surface area (Å²) in [6.45, 7) is 4.72. The third-order valence-corrected chi connectivity index (χ3v) is 6.82. The predicted molar refractivity (Wildman–Crippen MR) is 131 cm³/mol. The van der Waals surface area contributed by atoms with Crippen molar-refractivity contribution in [3.8, 4) is 5.75 Å². The number of aryl methyl sites for hydroxylation is 2. The molecule has 3 heterocycles. The van der Waals surface area contributed by atoms with E-state index < -0.39 is 0 Å². The van der Waals surface area contributed by atoms with E-state index >= 15 is 0 Å². The fourth-order valence-corrected chi connectivity index (χ4v) is 4.76. The molecule has 176 valence electrons. The second-order valence-corrected chi connectivity index (χ2v) is 9.12. The maximum atomic E-state index is 13.3. The van der Waals surface area contributed by atoms with Gasteiger partial charge in [-0.1, -0.05) is 37.3 Å². The molecule has 0 amide bonds. The zero-order chi connectivity index (χ0) is 23.5. The quantitative estimate of drug-likeness (QED) is 0.455. The zero-order valence-electron chi connectivity index (χ0n) is 19.6. The molecule has 1 unspecified atom stereocenters. The fraction of sp³-hybridized carbons (Fsp3) is 0.385. The number of hydrogen-bond acceptors (Lipinski definition) is 6. The number of tetrazole rings is 1. The van der Waals surface area contributed by atoms with Crippen molar-refractivity contribution in [2.75, 3.05) is 20.2 Å². The maximum absolute atomic E-state index is 13.3. The van der Waals surface area contributed by atoms with Gasteiger partial charge in [0, 0.05) is 23.0 Å². The Hall–Kier alpha value is -3.52. The van der Waals surface area contributed by atoms with Gasteiger partial charge in [-0.2, -0.15) is 0 Å². The van der Waals surface area contributed by atoms with Crippen molar-refractivity contribution in [1.82, 2.24) is 30.1 Å². The van der Waals surface area contributed by atoms with Crippen molar-refractivity contribution in [3.63, 3.8) is 0 Å². The van der Waals surface area contributed by atoms with E-state index in [-0.39, 0.29) is 11.6 Å². The Kier molecular flexibility index (Phi) is 6.40. The standard InChI is InChI=1S/C26H30N6O2/c1-18-10-13-31(14-11-18)24(22-17-20-16-21(34-2)8-9-23(20)27-26(22)33)25-28-29-30-32(25)15-12-19-6-4-3-5-7-19/h3-9,16-18,24H,10-15H2,1-2H3,(H,27,33). The number of hydrogen-bond donors (Lipinski definition) is 1. The summed E-state index contributed by atoms with van der Waals surface area (Å²) in [7, 11) is 1.65. The number of fused-ring (bicyclic) bond motifs is 1. The van der Waals surface area contributed by atoms with E-state index in [1.807, 2.05) is 47.1 Å². The van der Waals surface area contributed by atoms with Crippen molar-refractivity contribution in [2.24, 2.45) is 5.92 Å². The predicted octanol–water partition coefficient (Wildman–Crippen LogP) is 3.59. The summed E-state index contributed by atoms with van der Waals surface area (Å²) in [6, 6.07) is 17.6. The van der Waals surface area contributed by atoms with E-state index in [0.29, 0.717) is 23.9 Å². The van der Waals surface area contributed by atoms with Crippen LogP contribution in [0.4, 0.5) is 0 Å². The number of nitrogens with zero attached hydrogens (tertiary/aromatic N) is 5. The number of benzene rings is 2. The van der Waals surface area contributed by atoms with Gasteiger partial charge in [0.1, 0.15) is 11.8 Å². The molecule has 34 heavy (non-hydrogen) atoms. The molecule has 8 heteroatoms. The molecular formula is C26H30N6O2. The normalized spacial score (nSPS) is 16.1. The Morgan fingerprint density at radius 3 is 2.68 bits per heavy atom. The van der Waals surface area contributed by atoms with Gasteiger partial charge in [-0.15, -0.1) is 5.10 Å². The fourth-order valence-electron chi connectivity index (χ4n) is 4.76. The van der Waals surface area contributed by atoms with E-state index in [9.17, 15) is 4.79 Å². The number of aromatic nitrogens is 5. The summed E-state index contributed by atoms with van der Waals surface area (Å²) in [5.74, 6) is 2.13. The zero-order valence-corrected chi connectivity index (χ0v) is 19.6. The average molecular weight is 459 g/mol. The molecule has 2 aromatic heterocycles. The van der Waals surface area contributed by atoms with Gasteiger partial charge in [0.05, 0.1) is 7.11 Å². The highest BCUT2D eigenvalue weighted by atomic mass is 16.5. The summed E-state index contributed by atoms with van der Waals surface area (Å²) >= 11 is 0. The molecule has 0 bridgehead atoms. The van der Waals surface area contributed by atoms with E-state index in [0.717, 1.165) is 49.0 Å². The Balaban J connectivity index is 1.56. The number of pyridine rings is 1. The minimum atomic E-state index is -0.322. The first kappa shape index (κ1) is 22.3. The number of ether oxygens (including phenoxy) is 1. The first-order valence-electron chi connectivity index (χ1n) is 11.9. The van der Waals surface area contributed by atoms with Gasteiger partial charge in [0.2, 0.25) is 0 Å². The van der Waals surface area contributed by atoms with Gasteiger partial charge >= 0.3 is 0 Å². The van der Waals surface area contributed by atoms with Gasteiger partial charge in [0.25, 0.3) is 5.56 Å². The molecule has 5 rings (SSSR count). The molecule has 0 radical (unpaired) electrons. The summed E-state index contributed by atoms with van der Waals surface area (Å²) in [6.07, 6.45) is 2.98. The highest BCUT2D eigenvalue weighted by Gasteiger charge is 2.32. The third kappa shape index (κ3) is 4.59. The number of methoxy groups -OCH3 is 1. The molecule has 1 atom stereocenters. The smallest absolute Gasteiger partial charge is 0.253 e. The summed E-state index contributed by atoms with van der Waals surface area (Å²) < 4.78 is 7.26. The van der Waals surface area contributed by atoms with Crippen LogP contribution >= 0.6 is 0 Å². The lowest BCUT2D eigenvalue weighted by molar-refractivity contribution is 0.149. The molecule has 0 saturated carbocycles. The number of piperidine rings is 1. The molecule has 2 aromatic carbocycles. The van der Waals surface area contributed by atoms with Crippen LogP contribution in [-0.2, 0) is 13.0 Å². The molecule has 1 N–H and O–H groups in total. The number of nitrogens with one attached hydrogen (secondary N) is 1. The molecular weight excluding hydrogens is 428 g/mol. The minimum Gasteiger partial charge on any atom is -0.497 e. The molecule has 1 aliphatic rings. The highest BCUT2D eigenvalue weighted by Crippen LogP contribution is 2.31. The molecule has 0 spiro atoms. The maximum Gasteiger partial charge on any atom is 0.253 e. The monoisotopic (exact) mass is 458 g/mol. The Bertz CT molecular complexity index is 1310. The van der Waals surface area contributed by atoms with Crippen LogP contribution in [0.1, 0.15) is 42.8 Å². The molecule has 0 aliphatic carbocycles. The van der Waals surface area contributed by atoms with Crippen molar-refractivity contribution in [1.29, 1.82) is 0 Å². The number of likely N-dealkylation sites (tertiary alicyclic amines) is 1. The van der Waals surface area contributed by atoms with Crippen LogP contribution in [0.5, 0.6) is 5.75 Å². The van der Waals surface area contributed by atoms with Crippen molar-refractivity contribution >= 4 is 10.9 Å². The SMILES string of the molecule is COc1ccc2[nH]c(=O)c(C(c3nnnn3CCc3ccccc3)N3CCC(C)CC3)cc2c1. The van der Waals surface area contributed by atoms with Gasteiger partial charge in [-0.25, -0.2) is 4.68 Å². The van der Waals surface area contributed by atoms with Gasteiger partial charge in [0.15, 0.2) is 5.82 Å². The Labute approximate surface area is 198 Å². The molecule has 1 saturated heterocycles. The summed E-state index contributed by atoms with van der Waals surface area (Å²) in [4.78, 5) is 18.7. The van der Waals surface area contributed by atoms with Crippen LogP contribution in [0.15, 0.2) is 59.4 Å². The summed E-state index contributed by atoms with van der Waals surface area (Å²) in [5.41, 5.74) is 2.55. The first-order valence-corrected chi connectivity index (χ1v) is 11.9. The average Bonchev–Trinajstić information content (AvgIpc) is 3.33. The highest BCUT2D eigenvalue weighted by molar-refractivity contribution is 5.80. The van der Waals surface area contributed by atoms with Gasteiger partial charge < -0.3 is 9.72 Å². The van der Waals surface area contributed by atoms with Gasteiger partial charge in [-0.3, -0.25) is 9.69 Å². The van der Waals surface area contributed by atoms with Crippen LogP contribution in [0.25, 0.3) is 10.9 Å². The van der Waals surface area contributed by atoms with Crippen LogP contribution in [-0.4, -0.2) is 50.3 Å². The van der Waals surface area contributed by atoms with E-state index in [4.69, 9.17) is 4.74 Å². The van der Waals surface area contributed by atoms with Crippen molar-refractivity contribution < 1.29 is 4.74 Å². The Morgan fingerprint density at radius 2 is 1.91 bits per heavy atom. The Morgan fingerprint density at radius 1 is 1.12 bits per heavy atom. The topological polar surface area (TPSA) is 88.9 Å². The largest absolute Gasteiger partial charge is 0.497 e. The lowest BCUT2D eigenvalue weighted by Crippen LogP contribution is -2.40. The van der Waals surface area contributed by atoms with E-state index in [2.05, 4.69) is 44.5 Å². The molecule has 1 aliphatic heterocycles. The van der Waals surface area contributed by atoms with Crippen molar-refractivity contribution in [2.45, 2.75) is 38.8 Å². The van der Waals surface area contributed by atoms with Crippen LogP contribution < -0.4 is 10.3 Å².